The summed E-state index contributed by atoms with van der Waals surface area (Å²) in [6.45, 7) is 0.926. The number of hydrogen-bond acceptors (Lipinski definition) is 10. The van der Waals surface area contributed by atoms with Gasteiger partial charge >= 0.3 is 6.29 Å². The van der Waals surface area contributed by atoms with E-state index in [2.05, 4.69) is 40.1 Å². The van der Waals surface area contributed by atoms with Gasteiger partial charge in [-0.1, -0.05) is 18.2 Å². The first kappa shape index (κ1) is 23.5. The lowest BCUT2D eigenvalue weighted by molar-refractivity contribution is -0.286. The van der Waals surface area contributed by atoms with Crippen LogP contribution in [-0.2, 0) is 20.0 Å². The van der Waals surface area contributed by atoms with Gasteiger partial charge in [0.2, 0.25) is 25.9 Å². The number of fused-ring (bicyclic) bond motifs is 1. The average Bonchev–Trinajstić information content (AvgIpc) is 3.51. The molecule has 5 rings (SSSR count). The molecule has 13 nitrogen and oxygen atoms in total. The van der Waals surface area contributed by atoms with Gasteiger partial charge in [-0.3, -0.25) is 0 Å². The van der Waals surface area contributed by atoms with Gasteiger partial charge in [-0.15, -0.1) is 19.0 Å². The van der Waals surface area contributed by atoms with Gasteiger partial charge in [-0.05, 0) is 35.9 Å². The minimum absolute atomic E-state index is 0.0405. The van der Waals surface area contributed by atoms with E-state index in [-0.39, 0.29) is 28.3 Å². The molecule has 1 saturated heterocycles. The van der Waals surface area contributed by atoms with Crippen molar-refractivity contribution in [2.24, 2.45) is 5.14 Å². The predicted octanol–water partition coefficient (Wildman–Crippen LogP) is 0.143. The van der Waals surface area contributed by atoms with E-state index in [9.17, 15) is 25.6 Å². The molecule has 1 fully saturated rings. The molecule has 2 aliphatic rings. The van der Waals surface area contributed by atoms with E-state index in [1.165, 1.54) is 24.3 Å². The zero-order valence-corrected chi connectivity index (χ0v) is 19.2. The SMILES string of the molecule is NS(=O)(=O)c1c(S(=O)(=O)NC2CCNC2)ccc(-c2cccc3c2OC(F)(F)O3)c1-c1nn[nH]n1. The number of alkyl halides is 2. The molecule has 5 N–H and O–H groups in total. The van der Waals surface area contributed by atoms with Gasteiger partial charge in [0.1, 0.15) is 9.79 Å². The zero-order chi connectivity index (χ0) is 25.0. The van der Waals surface area contributed by atoms with E-state index >= 15 is 0 Å². The number of sulfonamides is 2. The Kier molecular flexibility index (Phi) is 5.48. The summed E-state index contributed by atoms with van der Waals surface area (Å²) in [6, 6.07) is 5.70. The minimum atomic E-state index is -4.75. The van der Waals surface area contributed by atoms with Crippen LogP contribution in [0.1, 0.15) is 6.42 Å². The lowest BCUT2D eigenvalue weighted by atomic mass is 9.98. The maximum Gasteiger partial charge on any atom is 0.586 e. The Morgan fingerprint density at radius 2 is 1.91 bits per heavy atom. The summed E-state index contributed by atoms with van der Waals surface area (Å²) < 4.78 is 91.2. The molecule has 35 heavy (non-hydrogen) atoms. The summed E-state index contributed by atoms with van der Waals surface area (Å²) in [5.41, 5.74) is -0.475. The first-order valence-corrected chi connectivity index (χ1v) is 13.1. The number of H-pyrrole nitrogens is 1. The molecule has 2 aliphatic heterocycles. The molecular formula is C18H17F2N7O6S2. The summed E-state index contributed by atoms with van der Waals surface area (Å²) >= 11 is 0. The van der Waals surface area contributed by atoms with E-state index < -0.39 is 47.9 Å². The Bertz CT molecular complexity index is 1510. The summed E-state index contributed by atoms with van der Waals surface area (Å²) in [5, 5.41) is 21.6. The lowest BCUT2D eigenvalue weighted by Crippen LogP contribution is -2.37. The second kappa shape index (κ2) is 8.16. The number of tetrazole rings is 1. The number of nitrogens with one attached hydrogen (secondary N) is 3. The fourth-order valence-electron chi connectivity index (χ4n) is 3.99. The highest BCUT2D eigenvalue weighted by Crippen LogP contribution is 2.50. The zero-order valence-electron chi connectivity index (χ0n) is 17.5. The highest BCUT2D eigenvalue weighted by atomic mass is 32.2. The highest BCUT2D eigenvalue weighted by Gasteiger charge is 2.45. The summed E-state index contributed by atoms with van der Waals surface area (Å²) in [6.07, 6.45) is -3.47. The van der Waals surface area contributed by atoms with Crippen molar-refractivity contribution in [1.29, 1.82) is 0 Å². The normalized spacial score (nSPS) is 19.2. The molecule has 1 atom stereocenters. The second-order valence-electron chi connectivity index (χ2n) is 7.71. The van der Waals surface area contributed by atoms with Gasteiger partial charge < -0.3 is 14.8 Å². The van der Waals surface area contributed by atoms with Crippen molar-refractivity contribution in [2.75, 3.05) is 13.1 Å². The smallest absolute Gasteiger partial charge is 0.395 e. The van der Waals surface area contributed by atoms with Gasteiger partial charge in [0.15, 0.2) is 11.5 Å². The van der Waals surface area contributed by atoms with Crippen molar-refractivity contribution >= 4 is 20.0 Å². The van der Waals surface area contributed by atoms with Crippen LogP contribution in [-0.4, -0.2) is 62.9 Å². The molecule has 186 valence electrons. The molecule has 1 aromatic heterocycles. The quantitative estimate of drug-likeness (QED) is 0.342. The number of para-hydroxylation sites is 1. The molecule has 3 heterocycles. The number of primary sulfonamides is 1. The van der Waals surface area contributed by atoms with Crippen molar-refractivity contribution < 1.29 is 35.1 Å². The Hall–Kier alpha value is -3.25. The Morgan fingerprint density at radius 3 is 2.57 bits per heavy atom. The topological polar surface area (TPSA) is 191 Å². The third kappa shape index (κ3) is 4.31. The molecule has 2 aromatic carbocycles. The van der Waals surface area contributed by atoms with Gasteiger partial charge in [-0.2, -0.15) is 5.21 Å². The number of hydrogen-bond donors (Lipinski definition) is 4. The number of halogens is 2. The molecule has 0 saturated carbocycles. The Balaban J connectivity index is 1.79. The number of aromatic amines is 1. The molecule has 0 radical (unpaired) electrons. The molecule has 3 aromatic rings. The van der Waals surface area contributed by atoms with E-state index in [0.717, 1.165) is 6.07 Å². The van der Waals surface area contributed by atoms with Gasteiger partial charge in [-0.25, -0.2) is 26.7 Å². The van der Waals surface area contributed by atoms with Crippen LogP contribution in [0.25, 0.3) is 22.5 Å². The van der Waals surface area contributed by atoms with Crippen molar-refractivity contribution in [3.8, 4) is 34.0 Å². The van der Waals surface area contributed by atoms with Crippen molar-refractivity contribution in [2.45, 2.75) is 28.5 Å². The number of nitrogens with two attached hydrogens (primary N) is 1. The highest BCUT2D eigenvalue weighted by molar-refractivity contribution is 7.92. The fraction of sp³-hybridized carbons (Fsp3) is 0.278. The van der Waals surface area contributed by atoms with E-state index in [4.69, 9.17) is 5.14 Å². The summed E-state index contributed by atoms with van der Waals surface area (Å²) in [7, 11) is -9.16. The monoisotopic (exact) mass is 529 g/mol. The molecule has 1 unspecified atom stereocenters. The first-order chi connectivity index (χ1) is 16.5. The third-order valence-corrected chi connectivity index (χ3v) is 8.05. The van der Waals surface area contributed by atoms with Gasteiger partial charge in [0.05, 0.1) is 5.56 Å². The van der Waals surface area contributed by atoms with Crippen LogP contribution < -0.4 is 24.7 Å². The lowest BCUT2D eigenvalue weighted by Gasteiger charge is -2.18. The van der Waals surface area contributed by atoms with Crippen molar-refractivity contribution in [3.05, 3.63) is 30.3 Å². The molecular weight excluding hydrogens is 512 g/mol. The largest absolute Gasteiger partial charge is 0.586 e. The maximum absolute atomic E-state index is 13.8. The summed E-state index contributed by atoms with van der Waals surface area (Å²) in [5.74, 6) is -1.05. The predicted molar refractivity (Wildman–Crippen MR) is 114 cm³/mol. The van der Waals surface area contributed by atoms with E-state index in [1.54, 1.807) is 0 Å². The van der Waals surface area contributed by atoms with Gasteiger partial charge in [0, 0.05) is 18.2 Å². The van der Waals surface area contributed by atoms with Crippen molar-refractivity contribution in [3.63, 3.8) is 0 Å². The molecule has 17 heteroatoms. The number of nitrogens with zero attached hydrogens (tertiary/aromatic N) is 3. The van der Waals surface area contributed by atoms with Crippen LogP contribution in [0.5, 0.6) is 11.5 Å². The van der Waals surface area contributed by atoms with Crippen LogP contribution in [0.4, 0.5) is 8.78 Å². The average molecular weight is 530 g/mol. The molecule has 0 spiro atoms. The maximum atomic E-state index is 13.8. The number of ether oxygens (including phenoxy) is 2. The van der Waals surface area contributed by atoms with E-state index in [0.29, 0.717) is 19.5 Å². The first-order valence-electron chi connectivity index (χ1n) is 10.0. The Labute approximate surface area is 197 Å². The molecule has 0 aliphatic carbocycles. The number of benzene rings is 2. The number of rotatable bonds is 6. The third-order valence-electron chi connectivity index (χ3n) is 5.37. The van der Waals surface area contributed by atoms with Crippen LogP contribution in [0.2, 0.25) is 0 Å². The van der Waals surface area contributed by atoms with Crippen LogP contribution in [0.15, 0.2) is 40.1 Å². The second-order valence-corrected chi connectivity index (χ2v) is 10.9. The fourth-order valence-corrected chi connectivity index (χ4v) is 6.86. The van der Waals surface area contributed by atoms with Gasteiger partial charge in [0.25, 0.3) is 0 Å². The Morgan fingerprint density at radius 1 is 1.11 bits per heavy atom. The van der Waals surface area contributed by atoms with Crippen molar-refractivity contribution in [1.82, 2.24) is 30.7 Å². The molecule has 0 bridgehead atoms. The van der Waals surface area contributed by atoms with Crippen LogP contribution >= 0.6 is 0 Å². The summed E-state index contributed by atoms with van der Waals surface area (Å²) in [4.78, 5) is -1.50. The molecule has 0 amide bonds. The van der Waals surface area contributed by atoms with Crippen LogP contribution in [0, 0.1) is 0 Å². The minimum Gasteiger partial charge on any atom is -0.395 e. The standard InChI is InChI=1S/C18H17F2N7O6S2/c19-18(20)32-12-3-1-2-11(15(12)33-18)10-4-5-13(35(30,31)25-9-6-7-22-8-9)16(34(21,28)29)14(10)17-23-26-27-24-17/h1-5,9,22,25H,6-8H2,(H2,21,28,29)(H,23,24,26,27). The van der Waals surface area contributed by atoms with Crippen LogP contribution in [0.3, 0.4) is 0 Å². The van der Waals surface area contributed by atoms with E-state index in [1.807, 2.05) is 0 Å². The number of aromatic nitrogens is 4.